The molecule has 0 radical (unpaired) electrons. The molecule has 0 bridgehead atoms. The van der Waals surface area contributed by atoms with Gasteiger partial charge in [0.25, 0.3) is 0 Å². The molecule has 0 saturated carbocycles. The van der Waals surface area contributed by atoms with E-state index in [2.05, 4.69) is 20.7 Å². The standard InChI is InChI=1S/C12H13F2N5/c1-6-3-9(14)10(5-8(6)13)17-11-4-7(2)16-12(18-11)19-15/h3-5H,15H2,1-2H3,(H2,16,17,18,19). The fourth-order valence-corrected chi connectivity index (χ4v) is 1.58. The molecule has 0 saturated heterocycles. The number of rotatable bonds is 3. The zero-order valence-electron chi connectivity index (χ0n) is 10.5. The summed E-state index contributed by atoms with van der Waals surface area (Å²) in [7, 11) is 0. The summed E-state index contributed by atoms with van der Waals surface area (Å²) in [4.78, 5) is 7.99. The van der Waals surface area contributed by atoms with Crippen molar-refractivity contribution in [3.05, 3.63) is 41.1 Å². The summed E-state index contributed by atoms with van der Waals surface area (Å²) in [6.45, 7) is 3.23. The summed E-state index contributed by atoms with van der Waals surface area (Å²) in [5.41, 5.74) is 3.18. The van der Waals surface area contributed by atoms with Crippen LogP contribution in [0.3, 0.4) is 0 Å². The summed E-state index contributed by atoms with van der Waals surface area (Å²) < 4.78 is 27.1. The molecule has 0 unspecified atom stereocenters. The highest BCUT2D eigenvalue weighted by atomic mass is 19.1. The first-order valence-electron chi connectivity index (χ1n) is 5.54. The number of hydrogen-bond donors (Lipinski definition) is 3. The van der Waals surface area contributed by atoms with Gasteiger partial charge in [-0.15, -0.1) is 0 Å². The minimum Gasteiger partial charge on any atom is -0.338 e. The van der Waals surface area contributed by atoms with E-state index >= 15 is 0 Å². The van der Waals surface area contributed by atoms with E-state index in [1.54, 1.807) is 13.0 Å². The fourth-order valence-electron chi connectivity index (χ4n) is 1.58. The van der Waals surface area contributed by atoms with Crippen LogP contribution in [0.4, 0.5) is 26.2 Å². The predicted octanol–water partition coefficient (Wildman–Crippen LogP) is 2.40. The molecule has 1 heterocycles. The smallest absolute Gasteiger partial charge is 0.239 e. The van der Waals surface area contributed by atoms with Gasteiger partial charge in [-0.1, -0.05) is 0 Å². The van der Waals surface area contributed by atoms with Crippen molar-refractivity contribution >= 4 is 17.5 Å². The Kier molecular flexibility index (Phi) is 3.57. The topological polar surface area (TPSA) is 75.9 Å². The average molecular weight is 265 g/mol. The molecule has 0 aliphatic heterocycles. The molecule has 0 aliphatic rings. The summed E-state index contributed by atoms with van der Waals surface area (Å²) in [5, 5.41) is 2.69. The average Bonchev–Trinajstić information content (AvgIpc) is 2.35. The molecule has 19 heavy (non-hydrogen) atoms. The number of nitrogens with one attached hydrogen (secondary N) is 2. The maximum absolute atomic E-state index is 13.7. The Morgan fingerprint density at radius 1 is 1.05 bits per heavy atom. The van der Waals surface area contributed by atoms with Crippen LogP contribution in [0, 0.1) is 25.5 Å². The molecule has 7 heteroatoms. The lowest BCUT2D eigenvalue weighted by Crippen LogP contribution is -2.12. The van der Waals surface area contributed by atoms with Gasteiger partial charge in [-0.25, -0.2) is 19.6 Å². The Morgan fingerprint density at radius 2 is 1.79 bits per heavy atom. The Balaban J connectivity index is 2.36. The number of nitrogens with zero attached hydrogens (tertiary/aromatic N) is 2. The summed E-state index contributed by atoms with van der Waals surface area (Å²) in [6, 6.07) is 3.80. The van der Waals surface area contributed by atoms with Crippen molar-refractivity contribution in [1.29, 1.82) is 0 Å². The first-order valence-corrected chi connectivity index (χ1v) is 5.54. The van der Waals surface area contributed by atoms with E-state index < -0.39 is 11.6 Å². The molecule has 0 amide bonds. The third-order valence-corrected chi connectivity index (χ3v) is 2.49. The van der Waals surface area contributed by atoms with Gasteiger partial charge in [-0.2, -0.15) is 4.98 Å². The van der Waals surface area contributed by atoms with Gasteiger partial charge < -0.3 is 5.32 Å². The van der Waals surface area contributed by atoms with E-state index in [1.165, 1.54) is 6.92 Å². The van der Waals surface area contributed by atoms with Crippen molar-refractivity contribution in [3.8, 4) is 0 Å². The molecule has 5 nitrogen and oxygen atoms in total. The van der Waals surface area contributed by atoms with Crippen LogP contribution < -0.4 is 16.6 Å². The molecule has 0 atom stereocenters. The van der Waals surface area contributed by atoms with Gasteiger partial charge in [-0.05, 0) is 25.5 Å². The summed E-state index contributed by atoms with van der Waals surface area (Å²) in [5.74, 6) is 4.68. The number of aromatic nitrogens is 2. The van der Waals surface area contributed by atoms with E-state index in [0.717, 1.165) is 12.1 Å². The van der Waals surface area contributed by atoms with E-state index in [1.807, 2.05) is 0 Å². The second kappa shape index (κ2) is 5.15. The largest absolute Gasteiger partial charge is 0.338 e. The van der Waals surface area contributed by atoms with Crippen LogP contribution in [0.15, 0.2) is 18.2 Å². The third kappa shape index (κ3) is 2.94. The van der Waals surface area contributed by atoms with Gasteiger partial charge in [0.1, 0.15) is 17.5 Å². The van der Waals surface area contributed by atoms with E-state index in [4.69, 9.17) is 5.84 Å². The predicted molar refractivity (Wildman–Crippen MR) is 69.0 cm³/mol. The number of nitrogens with two attached hydrogens (primary N) is 1. The zero-order valence-corrected chi connectivity index (χ0v) is 10.5. The van der Waals surface area contributed by atoms with Crippen LogP contribution in [0.25, 0.3) is 0 Å². The van der Waals surface area contributed by atoms with Crippen LogP contribution >= 0.6 is 0 Å². The molecule has 1 aromatic heterocycles. The van der Waals surface area contributed by atoms with Crippen LogP contribution in [0.5, 0.6) is 0 Å². The maximum Gasteiger partial charge on any atom is 0.239 e. The van der Waals surface area contributed by atoms with Crippen LogP contribution in [-0.4, -0.2) is 9.97 Å². The van der Waals surface area contributed by atoms with Crippen LogP contribution in [0.1, 0.15) is 11.3 Å². The minimum absolute atomic E-state index is 0.00386. The molecular weight excluding hydrogens is 252 g/mol. The van der Waals surface area contributed by atoms with Gasteiger partial charge in [0.15, 0.2) is 0 Å². The Labute approximate surface area is 108 Å². The number of benzene rings is 1. The highest BCUT2D eigenvalue weighted by Gasteiger charge is 2.09. The van der Waals surface area contributed by atoms with Crippen molar-refractivity contribution < 1.29 is 8.78 Å². The molecular formula is C12H13F2N5. The van der Waals surface area contributed by atoms with Gasteiger partial charge in [0.2, 0.25) is 5.95 Å². The van der Waals surface area contributed by atoms with Gasteiger partial charge >= 0.3 is 0 Å². The maximum atomic E-state index is 13.7. The van der Waals surface area contributed by atoms with Gasteiger partial charge in [-0.3, -0.25) is 5.43 Å². The molecule has 0 aliphatic carbocycles. The van der Waals surface area contributed by atoms with Gasteiger partial charge in [0.05, 0.1) is 5.69 Å². The fraction of sp³-hybridized carbons (Fsp3) is 0.167. The number of halogens is 2. The first kappa shape index (κ1) is 13.2. The molecule has 100 valence electrons. The van der Waals surface area contributed by atoms with Crippen LogP contribution in [0.2, 0.25) is 0 Å². The Hall–Kier alpha value is -2.28. The quantitative estimate of drug-likeness (QED) is 0.587. The number of hydrazine groups is 1. The number of anilines is 3. The lowest BCUT2D eigenvalue weighted by atomic mass is 10.2. The SMILES string of the molecule is Cc1cc(Nc2cc(F)c(C)cc2F)nc(NN)n1. The molecule has 2 aromatic rings. The van der Waals surface area contributed by atoms with Crippen molar-refractivity contribution in [2.24, 2.45) is 5.84 Å². The van der Waals surface area contributed by atoms with E-state index in [9.17, 15) is 8.78 Å². The van der Waals surface area contributed by atoms with Crippen molar-refractivity contribution in [2.75, 3.05) is 10.7 Å². The lowest BCUT2D eigenvalue weighted by Gasteiger charge is -2.10. The highest BCUT2D eigenvalue weighted by Crippen LogP contribution is 2.22. The third-order valence-electron chi connectivity index (χ3n) is 2.49. The summed E-state index contributed by atoms with van der Waals surface area (Å²) >= 11 is 0. The van der Waals surface area contributed by atoms with Gasteiger partial charge in [0, 0.05) is 17.8 Å². The Morgan fingerprint density at radius 3 is 2.47 bits per heavy atom. The van der Waals surface area contributed by atoms with E-state index in [0.29, 0.717) is 11.5 Å². The molecule has 4 N–H and O–H groups in total. The molecule has 1 aromatic carbocycles. The Bertz CT molecular complexity index is 615. The summed E-state index contributed by atoms with van der Waals surface area (Å²) in [6.07, 6.45) is 0. The lowest BCUT2D eigenvalue weighted by molar-refractivity contribution is 0.595. The second-order valence-electron chi connectivity index (χ2n) is 4.07. The normalized spacial score (nSPS) is 10.4. The monoisotopic (exact) mass is 265 g/mol. The number of aryl methyl sites for hydroxylation is 2. The number of hydrogen-bond acceptors (Lipinski definition) is 5. The zero-order chi connectivity index (χ0) is 14.0. The second-order valence-corrected chi connectivity index (χ2v) is 4.07. The molecule has 0 fully saturated rings. The van der Waals surface area contributed by atoms with Crippen molar-refractivity contribution in [3.63, 3.8) is 0 Å². The highest BCUT2D eigenvalue weighted by molar-refractivity contribution is 5.58. The van der Waals surface area contributed by atoms with Crippen LogP contribution in [-0.2, 0) is 0 Å². The molecule has 0 spiro atoms. The number of nitrogen functional groups attached to an aromatic ring is 1. The van der Waals surface area contributed by atoms with Crippen molar-refractivity contribution in [2.45, 2.75) is 13.8 Å². The van der Waals surface area contributed by atoms with Crippen molar-refractivity contribution in [1.82, 2.24) is 9.97 Å². The first-order chi connectivity index (χ1) is 8.99. The molecule has 2 rings (SSSR count). The minimum atomic E-state index is -0.558. The van der Waals surface area contributed by atoms with E-state index in [-0.39, 0.29) is 17.2 Å².